The van der Waals surface area contributed by atoms with Crippen molar-refractivity contribution in [2.24, 2.45) is 0 Å². The van der Waals surface area contributed by atoms with Crippen molar-refractivity contribution in [3.63, 3.8) is 0 Å². The molecule has 0 aliphatic carbocycles. The summed E-state index contributed by atoms with van der Waals surface area (Å²) in [5.41, 5.74) is 0.651. The Morgan fingerprint density at radius 1 is 1.62 bits per heavy atom. The summed E-state index contributed by atoms with van der Waals surface area (Å²) in [7, 11) is 0. The Hall–Kier alpha value is -1.10. The zero-order valence-electron chi connectivity index (χ0n) is 9.53. The molecule has 88 valence electrons. The quantitative estimate of drug-likeness (QED) is 0.668. The fraction of sp³-hybridized carbons (Fsp3) is 0.455. The van der Waals surface area contributed by atoms with Crippen molar-refractivity contribution in [2.45, 2.75) is 26.8 Å². The van der Waals surface area contributed by atoms with Crippen molar-refractivity contribution in [3.05, 3.63) is 33.2 Å². The van der Waals surface area contributed by atoms with Crippen LogP contribution in [-0.2, 0) is 6.54 Å². The van der Waals surface area contributed by atoms with Crippen LogP contribution in [-0.4, -0.2) is 16.3 Å². The Kier molecular flexibility index (Phi) is 5.25. The van der Waals surface area contributed by atoms with Crippen LogP contribution in [0.4, 0.5) is 5.69 Å². The fourth-order valence-corrected chi connectivity index (χ4v) is 1.72. The Morgan fingerprint density at radius 3 is 3.00 bits per heavy atom. The highest BCUT2D eigenvalue weighted by atomic mass is 79.9. The number of anilines is 1. The maximum absolute atomic E-state index is 11.7. The van der Waals surface area contributed by atoms with Gasteiger partial charge >= 0.3 is 0 Å². The summed E-state index contributed by atoms with van der Waals surface area (Å²) in [4.78, 5) is 11.7. The van der Waals surface area contributed by atoms with Crippen molar-refractivity contribution >= 4 is 21.6 Å². The summed E-state index contributed by atoms with van der Waals surface area (Å²) in [5, 5.41) is 7.22. The third kappa shape index (κ3) is 3.20. The largest absolute Gasteiger partial charge is 0.382 e. The van der Waals surface area contributed by atoms with Crippen LogP contribution in [0, 0.1) is 0 Å². The molecule has 0 spiro atoms. The fourth-order valence-electron chi connectivity index (χ4n) is 1.27. The number of nitrogens with one attached hydrogen (secondary N) is 1. The van der Waals surface area contributed by atoms with Gasteiger partial charge in [0.1, 0.15) is 4.47 Å². The highest BCUT2D eigenvalue weighted by Gasteiger charge is 2.06. The molecule has 0 bridgehead atoms. The molecule has 0 aliphatic heterocycles. The number of rotatable bonds is 5. The van der Waals surface area contributed by atoms with Gasteiger partial charge in [-0.2, -0.15) is 5.10 Å². The second kappa shape index (κ2) is 6.48. The summed E-state index contributed by atoms with van der Waals surface area (Å²) in [6.07, 6.45) is 6.68. The molecule has 0 fully saturated rings. The first kappa shape index (κ1) is 13.0. The van der Waals surface area contributed by atoms with E-state index in [1.807, 2.05) is 19.9 Å². The third-order valence-corrected chi connectivity index (χ3v) is 2.91. The molecule has 1 N–H and O–H groups in total. The lowest BCUT2D eigenvalue weighted by atomic mass is 10.3. The van der Waals surface area contributed by atoms with Crippen LogP contribution in [0.1, 0.15) is 20.3 Å². The molecular weight excluding hydrogens is 270 g/mol. The van der Waals surface area contributed by atoms with E-state index in [4.69, 9.17) is 0 Å². The van der Waals surface area contributed by atoms with Gasteiger partial charge in [0.25, 0.3) is 5.56 Å². The van der Waals surface area contributed by atoms with E-state index in [0.29, 0.717) is 11.0 Å². The van der Waals surface area contributed by atoms with Crippen LogP contribution in [0.3, 0.4) is 0 Å². The predicted octanol–water partition coefficient (Wildman–Crippen LogP) is 2.40. The molecule has 0 unspecified atom stereocenters. The lowest BCUT2D eigenvalue weighted by molar-refractivity contribution is 0.613. The average Bonchev–Trinajstić information content (AvgIpc) is 2.30. The van der Waals surface area contributed by atoms with Crippen LogP contribution in [0.15, 0.2) is 27.6 Å². The van der Waals surface area contributed by atoms with Gasteiger partial charge in [0, 0.05) is 13.1 Å². The van der Waals surface area contributed by atoms with Crippen LogP contribution in [0.5, 0.6) is 0 Å². The van der Waals surface area contributed by atoms with Crippen LogP contribution in [0.25, 0.3) is 0 Å². The van der Waals surface area contributed by atoms with Crippen molar-refractivity contribution in [2.75, 3.05) is 11.9 Å². The van der Waals surface area contributed by atoms with E-state index in [0.717, 1.165) is 18.7 Å². The van der Waals surface area contributed by atoms with E-state index in [1.165, 1.54) is 4.68 Å². The van der Waals surface area contributed by atoms with Crippen molar-refractivity contribution in [3.8, 4) is 0 Å². The molecule has 0 radical (unpaired) electrons. The number of allylic oxidation sites excluding steroid dienone is 1. The Labute approximate surface area is 103 Å². The normalized spacial score (nSPS) is 10.9. The summed E-state index contributed by atoms with van der Waals surface area (Å²) in [5.74, 6) is 0. The number of hydrogen-bond acceptors (Lipinski definition) is 3. The zero-order valence-corrected chi connectivity index (χ0v) is 11.1. The first-order chi connectivity index (χ1) is 7.70. The van der Waals surface area contributed by atoms with E-state index in [-0.39, 0.29) is 5.56 Å². The molecule has 16 heavy (non-hydrogen) atoms. The summed E-state index contributed by atoms with van der Waals surface area (Å²) in [6.45, 7) is 5.25. The van der Waals surface area contributed by atoms with Crippen LogP contribution >= 0.6 is 15.9 Å². The summed E-state index contributed by atoms with van der Waals surface area (Å²) >= 11 is 3.29. The number of hydrogen-bond donors (Lipinski definition) is 1. The lowest BCUT2D eigenvalue weighted by Crippen LogP contribution is -2.23. The second-order valence-corrected chi connectivity index (χ2v) is 4.07. The van der Waals surface area contributed by atoms with Gasteiger partial charge in [-0.25, -0.2) is 4.68 Å². The maximum Gasteiger partial charge on any atom is 0.283 e. The first-order valence-corrected chi connectivity index (χ1v) is 6.10. The van der Waals surface area contributed by atoms with E-state index in [2.05, 4.69) is 32.4 Å². The maximum atomic E-state index is 11.7. The highest BCUT2D eigenvalue weighted by Crippen LogP contribution is 2.15. The second-order valence-electron chi connectivity index (χ2n) is 3.28. The van der Waals surface area contributed by atoms with E-state index < -0.39 is 0 Å². The van der Waals surface area contributed by atoms with Gasteiger partial charge in [0.15, 0.2) is 0 Å². The molecule has 0 amide bonds. The lowest BCUT2D eigenvalue weighted by Gasteiger charge is -2.08. The number of aryl methyl sites for hydroxylation is 1. The molecule has 1 aromatic rings. The van der Waals surface area contributed by atoms with Crippen molar-refractivity contribution < 1.29 is 0 Å². The molecule has 4 nitrogen and oxygen atoms in total. The van der Waals surface area contributed by atoms with Crippen LogP contribution in [0.2, 0.25) is 0 Å². The average molecular weight is 286 g/mol. The topological polar surface area (TPSA) is 46.9 Å². The van der Waals surface area contributed by atoms with Crippen molar-refractivity contribution in [1.82, 2.24) is 9.78 Å². The van der Waals surface area contributed by atoms with Gasteiger partial charge in [0.05, 0.1) is 11.9 Å². The Bertz CT molecular complexity index is 426. The minimum atomic E-state index is -0.0986. The van der Waals surface area contributed by atoms with Gasteiger partial charge in [-0.3, -0.25) is 4.79 Å². The molecule has 0 saturated carbocycles. The van der Waals surface area contributed by atoms with Gasteiger partial charge < -0.3 is 5.32 Å². The SMILES string of the molecule is C/C=C/CCNc1cnn(CC)c(=O)c1Br. The van der Waals surface area contributed by atoms with Gasteiger partial charge in [-0.15, -0.1) is 0 Å². The molecule has 0 atom stereocenters. The summed E-state index contributed by atoms with van der Waals surface area (Å²) < 4.78 is 1.96. The third-order valence-electron chi connectivity index (χ3n) is 2.15. The first-order valence-electron chi connectivity index (χ1n) is 5.31. The predicted molar refractivity (Wildman–Crippen MR) is 69.8 cm³/mol. The standard InChI is InChI=1S/C11H16BrN3O/c1-3-5-6-7-13-9-8-14-15(4-2)11(16)10(9)12/h3,5,8,13H,4,6-7H2,1-2H3/b5-3+. The minimum absolute atomic E-state index is 0.0986. The molecule has 1 heterocycles. The van der Waals surface area contributed by atoms with Crippen molar-refractivity contribution in [1.29, 1.82) is 0 Å². The number of halogens is 1. The molecule has 1 aromatic heterocycles. The van der Waals surface area contributed by atoms with E-state index in [9.17, 15) is 4.79 Å². The molecule has 5 heteroatoms. The smallest absolute Gasteiger partial charge is 0.283 e. The minimum Gasteiger partial charge on any atom is -0.382 e. The highest BCUT2D eigenvalue weighted by molar-refractivity contribution is 9.10. The zero-order chi connectivity index (χ0) is 12.0. The molecular formula is C11H16BrN3O. The summed E-state index contributed by atoms with van der Waals surface area (Å²) in [6, 6.07) is 0. The Morgan fingerprint density at radius 2 is 2.38 bits per heavy atom. The Balaban J connectivity index is 2.75. The van der Waals surface area contributed by atoms with E-state index >= 15 is 0 Å². The molecule has 0 aliphatic rings. The number of aromatic nitrogens is 2. The monoisotopic (exact) mass is 285 g/mol. The van der Waals surface area contributed by atoms with Gasteiger partial charge in [-0.05, 0) is 36.2 Å². The van der Waals surface area contributed by atoms with Gasteiger partial charge in [0.2, 0.25) is 0 Å². The van der Waals surface area contributed by atoms with Crippen LogP contribution < -0.4 is 10.9 Å². The number of nitrogens with zero attached hydrogens (tertiary/aromatic N) is 2. The molecule has 0 aromatic carbocycles. The molecule has 0 saturated heterocycles. The molecule has 1 rings (SSSR count). The van der Waals surface area contributed by atoms with E-state index in [1.54, 1.807) is 6.20 Å². The van der Waals surface area contributed by atoms with Gasteiger partial charge in [-0.1, -0.05) is 12.2 Å².